The third-order valence-corrected chi connectivity index (χ3v) is 2.47. The summed E-state index contributed by atoms with van der Waals surface area (Å²) in [6.45, 7) is 9.85. The molecule has 0 amide bonds. The van der Waals surface area contributed by atoms with Crippen LogP contribution in [0, 0.1) is 0 Å². The number of ketones is 1. The maximum Gasteiger partial charge on any atom is 0.152 e. The Morgan fingerprint density at radius 1 is 1.00 bits per heavy atom. The first-order chi connectivity index (χ1) is 8.20. The molecule has 100 valence electrons. The van der Waals surface area contributed by atoms with E-state index >= 15 is 0 Å². The first kappa shape index (κ1) is 18.5. The summed E-state index contributed by atoms with van der Waals surface area (Å²) in [5, 5.41) is 0. The van der Waals surface area contributed by atoms with Gasteiger partial charge in [0.25, 0.3) is 0 Å². The minimum Gasteiger partial charge on any atom is -0.295 e. The molecule has 1 heteroatoms. The van der Waals surface area contributed by atoms with Crippen molar-refractivity contribution >= 4 is 5.78 Å². The highest BCUT2D eigenvalue weighted by Gasteiger charge is 1.93. The summed E-state index contributed by atoms with van der Waals surface area (Å²) in [5.41, 5.74) is 1.28. The van der Waals surface area contributed by atoms with E-state index in [2.05, 4.69) is 13.0 Å². The van der Waals surface area contributed by atoms with Gasteiger partial charge in [-0.25, -0.2) is 0 Å². The summed E-state index contributed by atoms with van der Waals surface area (Å²) in [7, 11) is 0. The first-order valence-corrected chi connectivity index (χ1v) is 7.04. The third kappa shape index (κ3) is 15.1. The molecule has 0 bridgehead atoms. The van der Waals surface area contributed by atoms with Crippen molar-refractivity contribution in [1.82, 2.24) is 0 Å². The van der Waals surface area contributed by atoms with E-state index in [0.717, 1.165) is 6.42 Å². The van der Waals surface area contributed by atoms with E-state index in [9.17, 15) is 4.79 Å². The molecule has 0 aliphatic heterocycles. The van der Waals surface area contributed by atoms with Crippen LogP contribution in [0.5, 0.6) is 0 Å². The molecule has 0 aromatic heterocycles. The lowest BCUT2D eigenvalue weighted by atomic mass is 10.0. The van der Waals surface area contributed by atoms with E-state index in [1.807, 2.05) is 26.8 Å². The second-order valence-corrected chi connectivity index (χ2v) is 3.97. The maximum atomic E-state index is 10.8. The highest BCUT2D eigenvalue weighted by atomic mass is 16.1. The normalized spacial score (nSPS) is 11.2. The average molecular weight is 238 g/mol. The Labute approximate surface area is 108 Å². The number of rotatable bonds is 8. The predicted molar refractivity (Wildman–Crippen MR) is 78.3 cm³/mol. The molecule has 0 aliphatic carbocycles. The van der Waals surface area contributed by atoms with E-state index in [1.165, 1.54) is 37.7 Å². The van der Waals surface area contributed by atoms with Crippen LogP contribution >= 0.6 is 0 Å². The first-order valence-electron chi connectivity index (χ1n) is 7.04. The molecule has 0 aromatic carbocycles. The third-order valence-electron chi connectivity index (χ3n) is 2.47. The lowest BCUT2D eigenvalue weighted by Crippen LogP contribution is -1.85. The lowest BCUT2D eigenvalue weighted by Gasteiger charge is -2.01. The molecule has 0 saturated carbocycles. The fraction of sp³-hybridized carbons (Fsp3) is 0.688. The van der Waals surface area contributed by atoms with Crippen LogP contribution in [0.3, 0.4) is 0 Å². The molecule has 1 nitrogen and oxygen atoms in total. The van der Waals surface area contributed by atoms with Gasteiger partial charge in [0, 0.05) is 0 Å². The summed E-state index contributed by atoms with van der Waals surface area (Å²) in [6.07, 6.45) is 13.3. The fourth-order valence-corrected chi connectivity index (χ4v) is 1.48. The van der Waals surface area contributed by atoms with E-state index in [0.29, 0.717) is 0 Å². The molecule has 0 spiro atoms. The Morgan fingerprint density at radius 3 is 2.06 bits per heavy atom. The van der Waals surface area contributed by atoms with Crippen LogP contribution in [0.1, 0.15) is 73.1 Å². The molecular formula is C16H30O. The van der Waals surface area contributed by atoms with Crippen LogP contribution in [0.15, 0.2) is 23.8 Å². The fourth-order valence-electron chi connectivity index (χ4n) is 1.48. The van der Waals surface area contributed by atoms with Gasteiger partial charge < -0.3 is 0 Å². The minimum absolute atomic E-state index is 0.125. The number of hydrogen-bond donors (Lipinski definition) is 0. The molecule has 0 fully saturated rings. The molecule has 0 rings (SSSR count). The van der Waals surface area contributed by atoms with Crippen molar-refractivity contribution in [2.45, 2.75) is 73.1 Å². The molecule has 0 aromatic rings. The van der Waals surface area contributed by atoms with Crippen molar-refractivity contribution in [3.63, 3.8) is 0 Å². The highest BCUT2D eigenvalue weighted by molar-refractivity contribution is 5.87. The van der Waals surface area contributed by atoms with Crippen molar-refractivity contribution in [3.05, 3.63) is 23.8 Å². The van der Waals surface area contributed by atoms with Gasteiger partial charge in [-0.3, -0.25) is 4.79 Å². The smallest absolute Gasteiger partial charge is 0.152 e. The largest absolute Gasteiger partial charge is 0.295 e. The summed E-state index contributed by atoms with van der Waals surface area (Å²) >= 11 is 0. The number of allylic oxidation sites excluding steroid dienone is 4. The van der Waals surface area contributed by atoms with Gasteiger partial charge in [0.15, 0.2) is 5.78 Å². The van der Waals surface area contributed by atoms with Crippen LogP contribution in [0.4, 0.5) is 0 Å². The van der Waals surface area contributed by atoms with Crippen molar-refractivity contribution in [2.75, 3.05) is 0 Å². The molecule has 0 aliphatic rings. The summed E-state index contributed by atoms with van der Waals surface area (Å²) < 4.78 is 0. The molecule has 0 saturated heterocycles. The zero-order chi connectivity index (χ0) is 13.5. The van der Waals surface area contributed by atoms with Gasteiger partial charge >= 0.3 is 0 Å². The second kappa shape index (κ2) is 15.1. The number of carbonyl (C=O) groups excluding carboxylic acids is 1. The van der Waals surface area contributed by atoms with Crippen LogP contribution in [-0.2, 0) is 4.79 Å². The molecule has 0 atom stereocenters. The van der Waals surface area contributed by atoms with Gasteiger partial charge in [-0.1, -0.05) is 64.2 Å². The highest BCUT2D eigenvalue weighted by Crippen LogP contribution is 2.12. The van der Waals surface area contributed by atoms with Gasteiger partial charge in [-0.05, 0) is 32.8 Å². The molecule has 0 radical (unpaired) electrons. The van der Waals surface area contributed by atoms with Crippen LogP contribution in [-0.4, -0.2) is 5.78 Å². The molecule has 0 heterocycles. The molecule has 0 N–H and O–H groups in total. The van der Waals surface area contributed by atoms with Gasteiger partial charge in [-0.15, -0.1) is 0 Å². The summed E-state index contributed by atoms with van der Waals surface area (Å²) in [4.78, 5) is 10.8. The van der Waals surface area contributed by atoms with E-state index in [4.69, 9.17) is 0 Å². The summed E-state index contributed by atoms with van der Waals surface area (Å²) in [6, 6.07) is 0. The van der Waals surface area contributed by atoms with Crippen LogP contribution < -0.4 is 0 Å². The van der Waals surface area contributed by atoms with E-state index < -0.39 is 0 Å². The zero-order valence-electron chi connectivity index (χ0n) is 12.4. The zero-order valence-corrected chi connectivity index (χ0v) is 12.4. The molecular weight excluding hydrogens is 208 g/mol. The monoisotopic (exact) mass is 238 g/mol. The molecule has 17 heavy (non-hydrogen) atoms. The van der Waals surface area contributed by atoms with Crippen LogP contribution in [0.2, 0.25) is 0 Å². The van der Waals surface area contributed by atoms with Crippen molar-refractivity contribution < 1.29 is 4.79 Å². The van der Waals surface area contributed by atoms with Crippen molar-refractivity contribution in [3.8, 4) is 0 Å². The maximum absolute atomic E-state index is 10.8. The summed E-state index contributed by atoms with van der Waals surface area (Å²) in [5.74, 6) is 0.125. The van der Waals surface area contributed by atoms with Crippen LogP contribution in [0.25, 0.3) is 0 Å². The van der Waals surface area contributed by atoms with Gasteiger partial charge in [-0.2, -0.15) is 0 Å². The lowest BCUT2D eigenvalue weighted by molar-refractivity contribution is -0.112. The van der Waals surface area contributed by atoms with Crippen molar-refractivity contribution in [1.29, 1.82) is 0 Å². The Morgan fingerprint density at radius 2 is 1.59 bits per heavy atom. The van der Waals surface area contributed by atoms with E-state index in [1.54, 1.807) is 13.0 Å². The van der Waals surface area contributed by atoms with E-state index in [-0.39, 0.29) is 5.78 Å². The minimum atomic E-state index is 0.125. The Bertz CT molecular complexity index is 224. The number of unbranched alkanes of at least 4 members (excludes halogenated alkanes) is 4. The Hall–Kier alpha value is -0.850. The topological polar surface area (TPSA) is 17.1 Å². The Balaban J connectivity index is 0. The quantitative estimate of drug-likeness (QED) is 0.311. The van der Waals surface area contributed by atoms with Gasteiger partial charge in [0.2, 0.25) is 0 Å². The standard InChI is InChI=1S/C14H24O.C2H6/c1-4-6-7-8-9-10-14(5-2)12-11-13(3)15;1-2/h5,11-12H,4,6-10H2,1-3H3;1-2H3/b12-11+,14-5-;. The van der Waals surface area contributed by atoms with Gasteiger partial charge in [0.05, 0.1) is 0 Å². The number of carbonyl (C=O) groups is 1. The average Bonchev–Trinajstić information content (AvgIpc) is 2.35. The number of hydrogen-bond acceptors (Lipinski definition) is 1. The SMILES string of the molecule is C/C=C(\C=C\C(C)=O)CCCCCCC.CC. The van der Waals surface area contributed by atoms with Crippen molar-refractivity contribution in [2.24, 2.45) is 0 Å². The predicted octanol–water partition coefficient (Wildman–Crippen LogP) is 5.46. The Kier molecular flexibility index (Phi) is 16.5. The molecule has 0 unspecified atom stereocenters. The van der Waals surface area contributed by atoms with Gasteiger partial charge in [0.1, 0.15) is 0 Å². The second-order valence-electron chi connectivity index (χ2n) is 3.97.